The van der Waals surface area contributed by atoms with Gasteiger partial charge in [0.15, 0.2) is 0 Å². The van der Waals surface area contributed by atoms with Crippen molar-refractivity contribution in [2.45, 2.75) is 26.2 Å². The van der Waals surface area contributed by atoms with Gasteiger partial charge < -0.3 is 9.90 Å². The lowest BCUT2D eigenvalue weighted by atomic mass is 10.0. The quantitative estimate of drug-likeness (QED) is 0.547. The second-order valence-corrected chi connectivity index (χ2v) is 3.86. The zero-order valence-electron chi connectivity index (χ0n) is 6.09. The van der Waals surface area contributed by atoms with E-state index in [0.717, 1.165) is 6.42 Å². The summed E-state index contributed by atoms with van der Waals surface area (Å²) in [5.74, 6) is -0.259. The lowest BCUT2D eigenvalue weighted by molar-refractivity contribution is -0.308. The molecule has 2 heteroatoms. The molecule has 0 N–H and O–H groups in total. The highest BCUT2D eigenvalue weighted by Crippen LogP contribution is 2.64. The van der Waals surface area contributed by atoms with Gasteiger partial charge in [0.25, 0.3) is 0 Å². The summed E-state index contributed by atoms with van der Waals surface area (Å²) in [4.78, 5) is 10.4. The van der Waals surface area contributed by atoms with E-state index in [4.69, 9.17) is 0 Å². The Balaban J connectivity index is 2.02. The first kappa shape index (κ1) is 6.20. The minimum absolute atomic E-state index is 0.125. The molecule has 0 bridgehead atoms. The molecule has 56 valence electrons. The second-order valence-electron chi connectivity index (χ2n) is 3.86. The fourth-order valence-electron chi connectivity index (χ4n) is 1.93. The summed E-state index contributed by atoms with van der Waals surface area (Å²) in [5, 5.41) is 10.4. The van der Waals surface area contributed by atoms with E-state index < -0.39 is 5.97 Å². The summed E-state index contributed by atoms with van der Waals surface area (Å²) in [7, 11) is 0. The van der Waals surface area contributed by atoms with E-state index in [1.54, 1.807) is 0 Å². The van der Waals surface area contributed by atoms with Gasteiger partial charge in [-0.1, -0.05) is 6.92 Å². The van der Waals surface area contributed by atoms with Crippen LogP contribution in [0.5, 0.6) is 0 Å². The number of aliphatic carboxylic acids is 1. The fourth-order valence-corrected chi connectivity index (χ4v) is 1.93. The summed E-state index contributed by atoms with van der Waals surface area (Å²) in [6.45, 7) is 2.07. The van der Waals surface area contributed by atoms with Crippen LogP contribution in [-0.4, -0.2) is 5.97 Å². The Morgan fingerprint density at radius 3 is 2.50 bits per heavy atom. The Morgan fingerprint density at radius 2 is 2.20 bits per heavy atom. The van der Waals surface area contributed by atoms with Gasteiger partial charge in [0, 0.05) is 11.9 Å². The SMILES string of the molecule is C[C@@]1(C2CC2)C[C@@H]1C(=O)[O-]. The Labute approximate surface area is 60.2 Å². The van der Waals surface area contributed by atoms with Crippen LogP contribution >= 0.6 is 0 Å². The molecule has 0 aliphatic heterocycles. The molecule has 0 spiro atoms. The largest absolute Gasteiger partial charge is 0.550 e. The highest BCUT2D eigenvalue weighted by Gasteiger charge is 2.58. The zero-order valence-corrected chi connectivity index (χ0v) is 6.09. The normalized spacial score (nSPS) is 45.1. The summed E-state index contributed by atoms with van der Waals surface area (Å²) < 4.78 is 0. The minimum atomic E-state index is -0.839. The van der Waals surface area contributed by atoms with Crippen LogP contribution in [0.1, 0.15) is 26.2 Å². The summed E-state index contributed by atoms with van der Waals surface area (Å²) in [5.41, 5.74) is 0.138. The predicted octanol–water partition coefficient (Wildman–Crippen LogP) is 0.172. The third-order valence-corrected chi connectivity index (χ3v) is 3.07. The van der Waals surface area contributed by atoms with Crippen molar-refractivity contribution in [1.29, 1.82) is 0 Å². The minimum Gasteiger partial charge on any atom is -0.550 e. The van der Waals surface area contributed by atoms with E-state index in [9.17, 15) is 9.90 Å². The van der Waals surface area contributed by atoms with Crippen LogP contribution in [0.3, 0.4) is 0 Å². The number of carbonyl (C=O) groups excluding carboxylic acids is 1. The molecule has 0 aromatic rings. The third-order valence-electron chi connectivity index (χ3n) is 3.07. The predicted molar refractivity (Wildman–Crippen MR) is 33.9 cm³/mol. The maximum atomic E-state index is 10.4. The number of rotatable bonds is 2. The molecule has 2 atom stereocenters. The molecule has 0 aromatic carbocycles. The third kappa shape index (κ3) is 0.678. The highest BCUT2D eigenvalue weighted by molar-refractivity contribution is 5.72. The molecule has 2 aliphatic rings. The van der Waals surface area contributed by atoms with Crippen molar-refractivity contribution in [3.63, 3.8) is 0 Å². The van der Waals surface area contributed by atoms with Gasteiger partial charge in [0.1, 0.15) is 0 Å². The molecule has 0 radical (unpaired) electrons. The Hall–Kier alpha value is -0.530. The summed E-state index contributed by atoms with van der Waals surface area (Å²) in [6.07, 6.45) is 3.33. The van der Waals surface area contributed by atoms with Gasteiger partial charge in [0.2, 0.25) is 0 Å². The van der Waals surface area contributed by atoms with Crippen molar-refractivity contribution in [3.05, 3.63) is 0 Å². The van der Waals surface area contributed by atoms with Crippen LogP contribution < -0.4 is 5.11 Å². The fraction of sp³-hybridized carbons (Fsp3) is 0.875. The lowest BCUT2D eigenvalue weighted by Crippen LogP contribution is -2.27. The first-order chi connectivity index (χ1) is 4.64. The van der Waals surface area contributed by atoms with E-state index in [1.807, 2.05) is 0 Å². The van der Waals surface area contributed by atoms with Gasteiger partial charge in [0.05, 0.1) is 0 Å². The molecule has 10 heavy (non-hydrogen) atoms. The molecule has 0 heterocycles. The maximum absolute atomic E-state index is 10.4. The van der Waals surface area contributed by atoms with Crippen molar-refractivity contribution in [3.8, 4) is 0 Å². The van der Waals surface area contributed by atoms with Gasteiger partial charge in [-0.25, -0.2) is 0 Å². The summed E-state index contributed by atoms with van der Waals surface area (Å²) >= 11 is 0. The van der Waals surface area contributed by atoms with Crippen molar-refractivity contribution < 1.29 is 9.90 Å². The monoisotopic (exact) mass is 139 g/mol. The molecule has 0 aromatic heterocycles. The van der Waals surface area contributed by atoms with Gasteiger partial charge in [-0.3, -0.25) is 0 Å². The highest BCUT2D eigenvalue weighted by atomic mass is 16.4. The molecule has 2 nitrogen and oxygen atoms in total. The standard InChI is InChI=1S/C8H12O2/c1-8(5-2-3-5)4-6(8)7(9)10/h5-6H,2-4H2,1H3,(H,9,10)/p-1/t6-,8+/m1/s1. The van der Waals surface area contributed by atoms with Crippen LogP contribution in [0.15, 0.2) is 0 Å². The smallest absolute Gasteiger partial charge is 0.0451 e. The van der Waals surface area contributed by atoms with Crippen LogP contribution in [0.4, 0.5) is 0 Å². The number of hydrogen-bond donors (Lipinski definition) is 0. The average molecular weight is 139 g/mol. The first-order valence-electron chi connectivity index (χ1n) is 3.85. The molecule has 0 amide bonds. The van der Waals surface area contributed by atoms with Gasteiger partial charge in [-0.05, 0) is 30.6 Å². The molecular weight excluding hydrogens is 128 g/mol. The Bertz CT molecular complexity index is 184. The molecule has 2 rings (SSSR count). The van der Waals surface area contributed by atoms with Crippen molar-refractivity contribution >= 4 is 5.97 Å². The number of carbonyl (C=O) groups is 1. The van der Waals surface area contributed by atoms with E-state index in [2.05, 4.69) is 6.92 Å². The van der Waals surface area contributed by atoms with Gasteiger partial charge in [-0.15, -0.1) is 0 Å². The first-order valence-corrected chi connectivity index (χ1v) is 3.85. The van der Waals surface area contributed by atoms with Gasteiger partial charge >= 0.3 is 0 Å². The van der Waals surface area contributed by atoms with Gasteiger partial charge in [-0.2, -0.15) is 0 Å². The van der Waals surface area contributed by atoms with Crippen molar-refractivity contribution in [2.24, 2.45) is 17.3 Å². The number of hydrogen-bond acceptors (Lipinski definition) is 2. The molecule has 2 fully saturated rings. The summed E-state index contributed by atoms with van der Waals surface area (Å²) in [6, 6.07) is 0. The Kier molecular flexibility index (Phi) is 0.960. The van der Waals surface area contributed by atoms with Crippen LogP contribution in [0, 0.1) is 17.3 Å². The Morgan fingerprint density at radius 1 is 1.60 bits per heavy atom. The van der Waals surface area contributed by atoms with E-state index in [0.29, 0.717) is 5.92 Å². The van der Waals surface area contributed by atoms with Crippen LogP contribution in [-0.2, 0) is 4.79 Å². The number of carboxylic acids is 1. The van der Waals surface area contributed by atoms with Crippen molar-refractivity contribution in [2.75, 3.05) is 0 Å². The molecule has 0 unspecified atom stereocenters. The topological polar surface area (TPSA) is 40.1 Å². The van der Waals surface area contributed by atoms with E-state index in [-0.39, 0.29) is 11.3 Å². The molecule has 2 saturated carbocycles. The van der Waals surface area contributed by atoms with E-state index >= 15 is 0 Å². The van der Waals surface area contributed by atoms with Crippen molar-refractivity contribution in [1.82, 2.24) is 0 Å². The molecule has 2 aliphatic carbocycles. The molecular formula is C8H11O2-. The van der Waals surface area contributed by atoms with Crippen LogP contribution in [0.25, 0.3) is 0 Å². The second kappa shape index (κ2) is 1.55. The zero-order chi connectivity index (χ0) is 7.35. The average Bonchev–Trinajstić information content (AvgIpc) is 2.49. The van der Waals surface area contributed by atoms with Crippen LogP contribution in [0.2, 0.25) is 0 Å². The molecule has 0 saturated heterocycles. The number of carboxylic acid groups (broad SMARTS) is 1. The lowest BCUT2D eigenvalue weighted by Gasteiger charge is -2.08. The maximum Gasteiger partial charge on any atom is 0.0451 e. The van der Waals surface area contributed by atoms with E-state index in [1.165, 1.54) is 12.8 Å².